The van der Waals surface area contributed by atoms with Gasteiger partial charge < -0.3 is 5.32 Å². The van der Waals surface area contributed by atoms with E-state index >= 15 is 0 Å². The summed E-state index contributed by atoms with van der Waals surface area (Å²) in [5.74, 6) is -2.16. The number of halogens is 2. The van der Waals surface area contributed by atoms with Gasteiger partial charge in [-0.2, -0.15) is 0 Å². The zero-order valence-electron chi connectivity index (χ0n) is 13.8. The van der Waals surface area contributed by atoms with E-state index in [4.69, 9.17) is 0 Å². The van der Waals surface area contributed by atoms with Crippen molar-refractivity contribution in [1.82, 2.24) is 5.32 Å². The van der Waals surface area contributed by atoms with E-state index in [0.717, 1.165) is 28.3 Å². The fraction of sp³-hybridized carbons (Fsp3) is 0.235. The van der Waals surface area contributed by atoms with Crippen molar-refractivity contribution in [2.45, 2.75) is 6.92 Å². The summed E-state index contributed by atoms with van der Waals surface area (Å²) < 4.78 is 51.5. The van der Waals surface area contributed by atoms with Crippen LogP contribution in [0.25, 0.3) is 0 Å². The highest BCUT2D eigenvalue weighted by molar-refractivity contribution is 7.92. The smallest absolute Gasteiger partial charge is 0.251 e. The predicted molar refractivity (Wildman–Crippen MR) is 92.1 cm³/mol. The first-order chi connectivity index (χ1) is 11.7. The number of anilines is 1. The van der Waals surface area contributed by atoms with E-state index in [1.165, 1.54) is 0 Å². The van der Waals surface area contributed by atoms with E-state index in [2.05, 4.69) is 5.32 Å². The number of hydrogen-bond acceptors (Lipinski definition) is 3. The van der Waals surface area contributed by atoms with Crippen LogP contribution in [-0.2, 0) is 10.0 Å². The SMILES string of the molecule is Cc1ccc(C(=O)NCCN(c2ccc(F)cc2F)S(C)(=O)=O)cc1. The maximum Gasteiger partial charge on any atom is 0.251 e. The zero-order chi connectivity index (χ0) is 18.6. The molecule has 2 aromatic rings. The first-order valence-corrected chi connectivity index (χ1v) is 9.31. The molecule has 1 N–H and O–H groups in total. The number of amides is 1. The Hall–Kier alpha value is -2.48. The first kappa shape index (κ1) is 18.9. The van der Waals surface area contributed by atoms with Crippen molar-refractivity contribution < 1.29 is 22.0 Å². The number of carbonyl (C=O) groups is 1. The number of rotatable bonds is 6. The Morgan fingerprint density at radius 2 is 1.76 bits per heavy atom. The van der Waals surface area contributed by atoms with Crippen molar-refractivity contribution in [2.24, 2.45) is 0 Å². The van der Waals surface area contributed by atoms with Crippen LogP contribution in [0.3, 0.4) is 0 Å². The molecule has 0 aromatic heterocycles. The highest BCUT2D eigenvalue weighted by atomic mass is 32.2. The number of benzene rings is 2. The number of sulfonamides is 1. The fourth-order valence-electron chi connectivity index (χ4n) is 2.23. The van der Waals surface area contributed by atoms with Crippen molar-refractivity contribution >= 4 is 21.6 Å². The summed E-state index contributed by atoms with van der Waals surface area (Å²) in [6, 6.07) is 9.50. The number of carbonyl (C=O) groups excluding carboxylic acids is 1. The predicted octanol–water partition coefficient (Wildman–Crippen LogP) is 2.47. The quantitative estimate of drug-likeness (QED) is 0.852. The van der Waals surface area contributed by atoms with Crippen LogP contribution in [0.4, 0.5) is 14.5 Å². The van der Waals surface area contributed by atoms with Gasteiger partial charge in [0.1, 0.15) is 11.6 Å². The van der Waals surface area contributed by atoms with Crippen LogP contribution < -0.4 is 9.62 Å². The average molecular weight is 368 g/mol. The summed E-state index contributed by atoms with van der Waals surface area (Å²) in [5, 5.41) is 2.58. The van der Waals surface area contributed by atoms with Gasteiger partial charge in [-0.15, -0.1) is 0 Å². The standard InChI is InChI=1S/C17H18F2N2O3S/c1-12-3-5-13(6-4-12)17(22)20-9-10-21(25(2,23)24)16-8-7-14(18)11-15(16)19/h3-8,11H,9-10H2,1-2H3,(H,20,22). The molecule has 0 aliphatic heterocycles. The van der Waals surface area contributed by atoms with E-state index < -0.39 is 21.7 Å². The number of hydrogen-bond donors (Lipinski definition) is 1. The van der Waals surface area contributed by atoms with Gasteiger partial charge in [-0.25, -0.2) is 17.2 Å². The molecule has 8 heteroatoms. The molecular weight excluding hydrogens is 350 g/mol. The lowest BCUT2D eigenvalue weighted by Crippen LogP contribution is -2.38. The minimum absolute atomic E-state index is 0.0312. The second-order valence-corrected chi connectivity index (χ2v) is 7.46. The van der Waals surface area contributed by atoms with E-state index in [1.807, 2.05) is 6.92 Å². The molecule has 0 saturated heterocycles. The summed E-state index contributed by atoms with van der Waals surface area (Å²) in [4.78, 5) is 12.0. The zero-order valence-corrected chi connectivity index (χ0v) is 14.6. The normalized spacial score (nSPS) is 11.2. The maximum absolute atomic E-state index is 13.9. The molecular formula is C17H18F2N2O3S. The van der Waals surface area contributed by atoms with Gasteiger partial charge in [-0.1, -0.05) is 17.7 Å². The molecule has 0 spiro atoms. The van der Waals surface area contributed by atoms with Crippen LogP contribution in [0.15, 0.2) is 42.5 Å². The Kier molecular flexibility index (Phi) is 5.73. The molecule has 0 aliphatic rings. The molecule has 2 aromatic carbocycles. The topological polar surface area (TPSA) is 66.5 Å². The Morgan fingerprint density at radius 3 is 2.32 bits per heavy atom. The van der Waals surface area contributed by atoms with Gasteiger partial charge in [0.05, 0.1) is 18.5 Å². The van der Waals surface area contributed by atoms with Crippen LogP contribution in [0, 0.1) is 18.6 Å². The Balaban J connectivity index is 2.08. The van der Waals surface area contributed by atoms with Crippen molar-refractivity contribution in [3.63, 3.8) is 0 Å². The molecule has 0 saturated carbocycles. The molecule has 0 unspecified atom stereocenters. The Labute approximate surface area is 145 Å². The molecule has 25 heavy (non-hydrogen) atoms. The third-order valence-electron chi connectivity index (χ3n) is 3.49. The molecule has 0 heterocycles. The van der Waals surface area contributed by atoms with Crippen molar-refractivity contribution in [1.29, 1.82) is 0 Å². The number of nitrogens with one attached hydrogen (secondary N) is 1. The monoisotopic (exact) mass is 368 g/mol. The molecule has 1 amide bonds. The van der Waals surface area contributed by atoms with Crippen molar-refractivity contribution in [2.75, 3.05) is 23.7 Å². The van der Waals surface area contributed by atoms with Crippen LogP contribution >= 0.6 is 0 Å². The summed E-state index contributed by atoms with van der Waals surface area (Å²) in [7, 11) is -3.80. The molecule has 0 aliphatic carbocycles. The Morgan fingerprint density at radius 1 is 1.12 bits per heavy atom. The summed E-state index contributed by atoms with van der Waals surface area (Å²) >= 11 is 0. The average Bonchev–Trinajstić information content (AvgIpc) is 2.52. The third-order valence-corrected chi connectivity index (χ3v) is 4.67. The molecule has 0 radical (unpaired) electrons. The van der Waals surface area contributed by atoms with Gasteiger partial charge in [0.2, 0.25) is 10.0 Å². The fourth-order valence-corrected chi connectivity index (χ4v) is 3.15. The third kappa shape index (κ3) is 4.99. The molecule has 2 rings (SSSR count). The van der Waals surface area contributed by atoms with Crippen LogP contribution in [0.5, 0.6) is 0 Å². The lowest BCUT2D eigenvalue weighted by atomic mass is 10.1. The minimum atomic E-state index is -3.80. The second kappa shape index (κ2) is 7.60. The molecule has 0 atom stereocenters. The van der Waals surface area contributed by atoms with E-state index in [0.29, 0.717) is 11.6 Å². The summed E-state index contributed by atoms with van der Waals surface area (Å²) in [5.41, 5.74) is 1.17. The van der Waals surface area contributed by atoms with Crippen molar-refractivity contribution in [3.8, 4) is 0 Å². The van der Waals surface area contributed by atoms with Crippen LogP contribution in [-0.4, -0.2) is 33.7 Å². The van der Waals surface area contributed by atoms with Gasteiger partial charge in [-0.3, -0.25) is 9.10 Å². The van der Waals surface area contributed by atoms with E-state index in [9.17, 15) is 22.0 Å². The lowest BCUT2D eigenvalue weighted by Gasteiger charge is -2.23. The number of aryl methyl sites for hydroxylation is 1. The van der Waals surface area contributed by atoms with Crippen LogP contribution in [0.2, 0.25) is 0 Å². The maximum atomic E-state index is 13.9. The Bertz CT molecular complexity index is 868. The summed E-state index contributed by atoms with van der Waals surface area (Å²) in [6.07, 6.45) is 0.914. The highest BCUT2D eigenvalue weighted by Gasteiger charge is 2.21. The molecule has 5 nitrogen and oxygen atoms in total. The molecule has 0 bridgehead atoms. The second-order valence-electron chi connectivity index (χ2n) is 5.55. The molecule has 0 fully saturated rings. The highest BCUT2D eigenvalue weighted by Crippen LogP contribution is 2.22. The van der Waals surface area contributed by atoms with Gasteiger partial charge in [-0.05, 0) is 31.2 Å². The van der Waals surface area contributed by atoms with E-state index in [1.54, 1.807) is 24.3 Å². The van der Waals surface area contributed by atoms with Gasteiger partial charge in [0, 0.05) is 18.2 Å². The molecule has 134 valence electrons. The van der Waals surface area contributed by atoms with Crippen molar-refractivity contribution in [3.05, 3.63) is 65.2 Å². The first-order valence-electron chi connectivity index (χ1n) is 7.46. The number of nitrogens with zero attached hydrogens (tertiary/aromatic N) is 1. The largest absolute Gasteiger partial charge is 0.350 e. The minimum Gasteiger partial charge on any atom is -0.350 e. The summed E-state index contributed by atoms with van der Waals surface area (Å²) in [6.45, 7) is 1.68. The lowest BCUT2D eigenvalue weighted by molar-refractivity contribution is 0.0955. The van der Waals surface area contributed by atoms with E-state index in [-0.39, 0.29) is 24.7 Å². The van der Waals surface area contributed by atoms with Crippen LogP contribution in [0.1, 0.15) is 15.9 Å². The van der Waals surface area contributed by atoms with Gasteiger partial charge >= 0.3 is 0 Å². The van der Waals surface area contributed by atoms with Gasteiger partial charge in [0.25, 0.3) is 5.91 Å². The van der Waals surface area contributed by atoms with Gasteiger partial charge in [0.15, 0.2) is 0 Å².